The van der Waals surface area contributed by atoms with Crippen molar-refractivity contribution in [1.82, 2.24) is 14.8 Å². The van der Waals surface area contributed by atoms with Crippen molar-refractivity contribution in [3.8, 4) is 22.9 Å². The number of hydrogen-bond acceptors (Lipinski definition) is 5. The Morgan fingerprint density at radius 2 is 1.67 bits per heavy atom. The quantitative estimate of drug-likeness (QED) is 0.821. The van der Waals surface area contributed by atoms with E-state index < -0.39 is 0 Å². The largest absolute Gasteiger partial charge is 0.493 e. The highest BCUT2D eigenvalue weighted by molar-refractivity contribution is 6.28. The first kappa shape index (κ1) is 15.4. The predicted octanol–water partition coefficient (Wildman–Crippen LogP) is 2.90. The van der Waals surface area contributed by atoms with Gasteiger partial charge in [-0.2, -0.15) is 0 Å². The van der Waals surface area contributed by atoms with Gasteiger partial charge in [0, 0.05) is 18.6 Å². The van der Waals surface area contributed by atoms with Gasteiger partial charge in [0.1, 0.15) is 5.82 Å². The molecule has 0 radical (unpaired) electrons. The average molecular weight is 312 g/mol. The zero-order valence-corrected chi connectivity index (χ0v) is 13.3. The fourth-order valence-electron chi connectivity index (χ4n) is 2.13. The molecule has 0 aliphatic heterocycles. The summed E-state index contributed by atoms with van der Waals surface area (Å²) in [5, 5.41) is 8.33. The highest BCUT2D eigenvalue weighted by Crippen LogP contribution is 2.39. The van der Waals surface area contributed by atoms with Crippen molar-refractivity contribution in [1.29, 1.82) is 0 Å². The minimum Gasteiger partial charge on any atom is -0.493 e. The predicted molar refractivity (Wildman–Crippen MR) is 80.0 cm³/mol. The molecule has 0 bridgehead atoms. The van der Waals surface area contributed by atoms with Gasteiger partial charge in [0.15, 0.2) is 11.5 Å². The molecule has 1 aromatic heterocycles. The summed E-state index contributed by atoms with van der Waals surface area (Å²) in [6, 6.07) is 3.63. The maximum Gasteiger partial charge on any atom is 0.229 e. The van der Waals surface area contributed by atoms with E-state index in [9.17, 15) is 0 Å². The smallest absolute Gasteiger partial charge is 0.229 e. The van der Waals surface area contributed by atoms with Gasteiger partial charge in [-0.15, -0.1) is 10.2 Å². The van der Waals surface area contributed by atoms with Gasteiger partial charge in [0.25, 0.3) is 0 Å². The van der Waals surface area contributed by atoms with E-state index in [4.69, 9.17) is 25.8 Å². The monoisotopic (exact) mass is 311 g/mol. The molecular weight excluding hydrogens is 294 g/mol. The molecule has 0 atom stereocenters. The molecule has 0 spiro atoms. The standard InChI is InChI=1S/C14H18ClN3O3/c1-5-6-12-16-17-14(15)18(12)9-7-10(19-2)13(21-4)11(8-9)20-3/h7-8H,5-6H2,1-4H3. The maximum absolute atomic E-state index is 6.16. The van der Waals surface area contributed by atoms with Crippen molar-refractivity contribution in [2.75, 3.05) is 21.3 Å². The Bertz CT molecular complexity index is 603. The number of rotatable bonds is 6. The van der Waals surface area contributed by atoms with Crippen LogP contribution in [0.2, 0.25) is 5.28 Å². The molecule has 2 aromatic rings. The molecule has 21 heavy (non-hydrogen) atoms. The van der Waals surface area contributed by atoms with Crippen LogP contribution in [0.25, 0.3) is 5.69 Å². The summed E-state index contributed by atoms with van der Waals surface area (Å²) in [7, 11) is 4.71. The Labute approximate surface area is 128 Å². The van der Waals surface area contributed by atoms with Gasteiger partial charge in [0.2, 0.25) is 11.0 Å². The van der Waals surface area contributed by atoms with E-state index in [0.29, 0.717) is 22.5 Å². The highest BCUT2D eigenvalue weighted by atomic mass is 35.5. The summed E-state index contributed by atoms with van der Waals surface area (Å²) in [4.78, 5) is 0. The van der Waals surface area contributed by atoms with Gasteiger partial charge < -0.3 is 14.2 Å². The number of methoxy groups -OCH3 is 3. The van der Waals surface area contributed by atoms with Crippen LogP contribution >= 0.6 is 11.6 Å². The van der Waals surface area contributed by atoms with Crippen LogP contribution in [-0.4, -0.2) is 36.1 Å². The van der Waals surface area contributed by atoms with Gasteiger partial charge in [-0.1, -0.05) is 6.92 Å². The van der Waals surface area contributed by atoms with Gasteiger partial charge in [-0.25, -0.2) is 0 Å². The zero-order chi connectivity index (χ0) is 15.4. The van der Waals surface area contributed by atoms with Crippen molar-refractivity contribution < 1.29 is 14.2 Å². The van der Waals surface area contributed by atoms with Crippen molar-refractivity contribution in [2.45, 2.75) is 19.8 Å². The first-order valence-electron chi connectivity index (χ1n) is 6.56. The number of aryl methyl sites for hydroxylation is 1. The van der Waals surface area contributed by atoms with Crippen LogP contribution in [0, 0.1) is 0 Å². The second kappa shape index (κ2) is 6.67. The van der Waals surface area contributed by atoms with E-state index in [2.05, 4.69) is 17.1 Å². The molecule has 6 nitrogen and oxygen atoms in total. The van der Waals surface area contributed by atoms with Crippen LogP contribution in [0.15, 0.2) is 12.1 Å². The molecule has 0 saturated carbocycles. The number of aromatic nitrogens is 3. The normalized spacial score (nSPS) is 10.5. The fourth-order valence-corrected chi connectivity index (χ4v) is 2.37. The van der Waals surface area contributed by atoms with E-state index >= 15 is 0 Å². The van der Waals surface area contributed by atoms with E-state index in [1.807, 2.05) is 12.1 Å². The summed E-state index contributed by atoms with van der Waals surface area (Å²) < 4.78 is 17.8. The molecule has 0 unspecified atom stereocenters. The molecule has 0 fully saturated rings. The lowest BCUT2D eigenvalue weighted by Crippen LogP contribution is -2.04. The van der Waals surface area contributed by atoms with Crippen molar-refractivity contribution in [3.05, 3.63) is 23.2 Å². The highest BCUT2D eigenvalue weighted by Gasteiger charge is 2.18. The summed E-state index contributed by atoms with van der Waals surface area (Å²) in [6.45, 7) is 2.07. The number of benzene rings is 1. The topological polar surface area (TPSA) is 58.4 Å². The first-order chi connectivity index (χ1) is 10.2. The van der Waals surface area contributed by atoms with E-state index in [-0.39, 0.29) is 0 Å². The minimum absolute atomic E-state index is 0.299. The number of halogens is 1. The third-order valence-electron chi connectivity index (χ3n) is 3.07. The number of nitrogens with zero attached hydrogens (tertiary/aromatic N) is 3. The molecule has 0 amide bonds. The molecule has 114 valence electrons. The molecule has 2 rings (SSSR count). The third-order valence-corrected chi connectivity index (χ3v) is 3.32. The van der Waals surface area contributed by atoms with Gasteiger partial charge in [0.05, 0.1) is 27.0 Å². The average Bonchev–Trinajstić information content (AvgIpc) is 2.86. The van der Waals surface area contributed by atoms with Crippen LogP contribution in [0.4, 0.5) is 0 Å². The zero-order valence-electron chi connectivity index (χ0n) is 12.5. The van der Waals surface area contributed by atoms with Crippen LogP contribution < -0.4 is 14.2 Å². The Balaban J connectivity index is 2.62. The van der Waals surface area contributed by atoms with E-state index in [1.165, 1.54) is 0 Å². The van der Waals surface area contributed by atoms with Gasteiger partial charge in [-0.05, 0) is 18.0 Å². The molecule has 0 aliphatic carbocycles. The van der Waals surface area contributed by atoms with Gasteiger partial charge >= 0.3 is 0 Å². The molecule has 0 aliphatic rings. The summed E-state index contributed by atoms with van der Waals surface area (Å²) in [5.74, 6) is 2.43. The van der Waals surface area contributed by atoms with Crippen molar-refractivity contribution >= 4 is 11.6 Å². The lowest BCUT2D eigenvalue weighted by molar-refractivity contribution is 0.324. The third kappa shape index (κ3) is 2.90. The molecule has 0 saturated heterocycles. The Kier molecular flexibility index (Phi) is 4.90. The summed E-state index contributed by atoms with van der Waals surface area (Å²) >= 11 is 6.16. The summed E-state index contributed by atoms with van der Waals surface area (Å²) in [5.41, 5.74) is 0.767. The Morgan fingerprint density at radius 1 is 1.05 bits per heavy atom. The van der Waals surface area contributed by atoms with Crippen molar-refractivity contribution in [2.24, 2.45) is 0 Å². The maximum atomic E-state index is 6.16. The Hall–Kier alpha value is -1.95. The second-order valence-electron chi connectivity index (χ2n) is 4.35. The van der Waals surface area contributed by atoms with E-state index in [0.717, 1.165) is 24.4 Å². The van der Waals surface area contributed by atoms with Crippen LogP contribution in [0.5, 0.6) is 17.2 Å². The van der Waals surface area contributed by atoms with Crippen molar-refractivity contribution in [3.63, 3.8) is 0 Å². The molecular formula is C14H18ClN3O3. The summed E-state index contributed by atoms with van der Waals surface area (Å²) in [6.07, 6.45) is 1.72. The molecule has 1 heterocycles. The minimum atomic E-state index is 0.299. The lowest BCUT2D eigenvalue weighted by Gasteiger charge is -2.15. The SMILES string of the molecule is CCCc1nnc(Cl)n1-c1cc(OC)c(OC)c(OC)c1. The number of ether oxygens (including phenoxy) is 3. The lowest BCUT2D eigenvalue weighted by atomic mass is 10.2. The fraction of sp³-hybridized carbons (Fsp3) is 0.429. The van der Waals surface area contributed by atoms with Crippen LogP contribution in [0.1, 0.15) is 19.2 Å². The van der Waals surface area contributed by atoms with Gasteiger partial charge in [-0.3, -0.25) is 4.57 Å². The first-order valence-corrected chi connectivity index (χ1v) is 6.94. The molecule has 7 heteroatoms. The molecule has 0 N–H and O–H groups in total. The van der Waals surface area contributed by atoms with Crippen LogP contribution in [0.3, 0.4) is 0 Å². The van der Waals surface area contributed by atoms with E-state index in [1.54, 1.807) is 25.9 Å². The number of hydrogen-bond donors (Lipinski definition) is 0. The molecule has 1 aromatic carbocycles. The van der Waals surface area contributed by atoms with Crippen LogP contribution in [-0.2, 0) is 6.42 Å². The second-order valence-corrected chi connectivity index (χ2v) is 4.69. The Morgan fingerprint density at radius 3 is 2.14 bits per heavy atom.